The van der Waals surface area contributed by atoms with Crippen LogP contribution in [0.2, 0.25) is 0 Å². The maximum Gasteiger partial charge on any atom is 0.238 e. The van der Waals surface area contributed by atoms with E-state index < -0.39 is 75.0 Å². The quantitative estimate of drug-likeness (QED) is 0.214. The van der Waals surface area contributed by atoms with E-state index in [4.69, 9.17) is 5.73 Å². The second-order valence-corrected chi connectivity index (χ2v) is 14.5. The standard InChI is InChI=1S/C31H43N5O8/c1-28(2,3)33-12-17(37)34-15-10-16(35(6)7)14-11-29(4)13-30(5)24(36(8)9)23(40)19(27(32)43)25(41)31(30,44)26(42)20(29)22(39)18(14)21(15)38/h10,19-20,24,33,38,44H,11-13H2,1-9H3,(H2,32,43)(H,34,37)/t19?,20?,24-,29+,30+,31-/m1/s1. The monoisotopic (exact) mass is 613 g/mol. The van der Waals surface area contributed by atoms with Gasteiger partial charge in [-0.3, -0.25) is 33.7 Å². The number of fused-ring (bicyclic) bond motifs is 3. The molecule has 0 aliphatic heterocycles. The van der Waals surface area contributed by atoms with E-state index in [1.165, 1.54) is 25.9 Å². The van der Waals surface area contributed by atoms with Crippen molar-refractivity contribution in [1.82, 2.24) is 10.2 Å². The van der Waals surface area contributed by atoms with E-state index >= 15 is 0 Å². The molecular weight excluding hydrogens is 570 g/mol. The number of nitrogens with one attached hydrogen (secondary N) is 2. The molecule has 0 aromatic heterocycles. The summed E-state index contributed by atoms with van der Waals surface area (Å²) in [5, 5.41) is 29.2. The third kappa shape index (κ3) is 4.72. The minimum atomic E-state index is -2.89. The molecule has 3 aliphatic carbocycles. The Bertz CT molecular complexity index is 1500. The highest BCUT2D eigenvalue weighted by Gasteiger charge is 2.76. The Labute approximate surface area is 256 Å². The Morgan fingerprint density at radius 2 is 1.66 bits per heavy atom. The maximum absolute atomic E-state index is 14.4. The number of Topliss-reactive ketones (excluding diaryl/α,β-unsaturated/α-hetero) is 4. The summed E-state index contributed by atoms with van der Waals surface area (Å²) in [6, 6.07) is 0.304. The van der Waals surface area contributed by atoms with E-state index in [0.717, 1.165) is 0 Å². The summed E-state index contributed by atoms with van der Waals surface area (Å²) in [6.45, 7) is 8.72. The van der Waals surface area contributed by atoms with Crippen LogP contribution in [0.1, 0.15) is 57.0 Å². The third-order valence-electron chi connectivity index (χ3n) is 9.50. The number of aliphatic hydroxyl groups is 1. The van der Waals surface area contributed by atoms with Crippen molar-refractivity contribution in [3.63, 3.8) is 0 Å². The molecule has 0 bridgehead atoms. The lowest BCUT2D eigenvalue weighted by atomic mass is 9.42. The molecule has 0 heterocycles. The summed E-state index contributed by atoms with van der Waals surface area (Å²) in [4.78, 5) is 84.3. The molecule has 4 rings (SSSR count). The van der Waals surface area contributed by atoms with Crippen molar-refractivity contribution in [1.29, 1.82) is 0 Å². The number of likely N-dealkylation sites (N-methyl/N-ethyl adjacent to an activating group) is 1. The highest BCUT2D eigenvalue weighted by Crippen LogP contribution is 2.62. The number of phenols is 1. The molecule has 0 spiro atoms. The highest BCUT2D eigenvalue weighted by atomic mass is 16.3. The van der Waals surface area contributed by atoms with Gasteiger partial charge in [0.05, 0.1) is 29.8 Å². The molecule has 1 aromatic rings. The van der Waals surface area contributed by atoms with Crippen LogP contribution in [0.25, 0.3) is 0 Å². The molecule has 2 saturated carbocycles. The zero-order valence-corrected chi connectivity index (χ0v) is 26.7. The number of phenolic OH excluding ortho intramolecular Hbond substituents is 1. The highest BCUT2D eigenvalue weighted by molar-refractivity contribution is 6.33. The van der Waals surface area contributed by atoms with Crippen LogP contribution in [0, 0.1) is 22.7 Å². The zero-order valence-electron chi connectivity index (χ0n) is 26.7. The van der Waals surface area contributed by atoms with Gasteiger partial charge in [0, 0.05) is 30.7 Å². The van der Waals surface area contributed by atoms with Gasteiger partial charge in [0.25, 0.3) is 0 Å². The summed E-state index contributed by atoms with van der Waals surface area (Å²) >= 11 is 0. The first-order valence-corrected chi connectivity index (χ1v) is 14.5. The number of nitrogens with zero attached hydrogens (tertiary/aromatic N) is 2. The van der Waals surface area contributed by atoms with Gasteiger partial charge >= 0.3 is 0 Å². The zero-order chi connectivity index (χ0) is 33.5. The van der Waals surface area contributed by atoms with Crippen LogP contribution in [-0.2, 0) is 30.4 Å². The van der Waals surface area contributed by atoms with Crippen molar-refractivity contribution in [3.8, 4) is 5.75 Å². The number of aromatic hydroxyl groups is 1. The molecule has 44 heavy (non-hydrogen) atoms. The van der Waals surface area contributed by atoms with Crippen molar-refractivity contribution >= 4 is 46.3 Å². The van der Waals surface area contributed by atoms with Crippen molar-refractivity contribution < 1.29 is 39.0 Å². The second-order valence-electron chi connectivity index (χ2n) is 14.5. The van der Waals surface area contributed by atoms with E-state index in [9.17, 15) is 39.0 Å². The number of carbonyl (C=O) groups excluding carboxylic acids is 6. The van der Waals surface area contributed by atoms with Crippen molar-refractivity contribution in [2.45, 2.75) is 64.6 Å². The molecule has 0 saturated heterocycles. The van der Waals surface area contributed by atoms with E-state index in [0.29, 0.717) is 11.3 Å². The van der Waals surface area contributed by atoms with Crippen LogP contribution in [0.3, 0.4) is 0 Å². The van der Waals surface area contributed by atoms with Gasteiger partial charge in [-0.05, 0) is 64.8 Å². The van der Waals surface area contributed by atoms with E-state index in [1.54, 1.807) is 32.0 Å². The number of primary amides is 1. The molecule has 2 amide bonds. The number of anilines is 2. The third-order valence-corrected chi connectivity index (χ3v) is 9.50. The van der Waals surface area contributed by atoms with Crippen molar-refractivity contribution in [3.05, 3.63) is 17.2 Å². The van der Waals surface area contributed by atoms with Gasteiger partial charge in [0.1, 0.15) is 5.75 Å². The van der Waals surface area contributed by atoms with Crippen LogP contribution in [0.4, 0.5) is 11.4 Å². The minimum Gasteiger partial charge on any atom is -0.505 e. The van der Waals surface area contributed by atoms with Crippen LogP contribution in [0.5, 0.6) is 5.75 Å². The summed E-state index contributed by atoms with van der Waals surface area (Å²) in [5.74, 6) is -10.1. The van der Waals surface area contributed by atoms with Gasteiger partial charge in [-0.25, -0.2) is 0 Å². The fourth-order valence-corrected chi connectivity index (χ4v) is 7.80. The molecule has 6 N–H and O–H groups in total. The number of nitrogens with two attached hydrogens (primary N) is 1. The Kier molecular flexibility index (Phi) is 7.89. The first-order valence-electron chi connectivity index (χ1n) is 14.5. The molecule has 0 radical (unpaired) electrons. The van der Waals surface area contributed by atoms with Crippen LogP contribution < -0.4 is 21.3 Å². The molecule has 13 nitrogen and oxygen atoms in total. The topological polar surface area (TPSA) is 199 Å². The van der Waals surface area contributed by atoms with Crippen molar-refractivity contribution in [2.75, 3.05) is 45.0 Å². The minimum absolute atomic E-state index is 0.0438. The lowest BCUT2D eigenvalue weighted by Gasteiger charge is -2.61. The van der Waals surface area contributed by atoms with Crippen LogP contribution in [-0.4, -0.2) is 102 Å². The number of hydrogen-bond donors (Lipinski definition) is 5. The predicted octanol–water partition coefficient (Wildman–Crippen LogP) is 0.0398. The van der Waals surface area contributed by atoms with Gasteiger partial charge in [0.2, 0.25) is 11.8 Å². The summed E-state index contributed by atoms with van der Waals surface area (Å²) < 4.78 is 0. The number of hydrogen-bond acceptors (Lipinski definition) is 11. The Hall–Kier alpha value is -3.68. The lowest BCUT2D eigenvalue weighted by Crippen LogP contribution is -2.79. The van der Waals surface area contributed by atoms with E-state index in [1.807, 2.05) is 20.8 Å². The van der Waals surface area contributed by atoms with Gasteiger partial charge in [-0.1, -0.05) is 13.8 Å². The normalized spacial score (nSPS) is 31.8. The molecular formula is C31H43N5O8. The Morgan fingerprint density at radius 3 is 2.16 bits per heavy atom. The summed E-state index contributed by atoms with van der Waals surface area (Å²) in [5.41, 5.74) is -0.0476. The molecule has 2 unspecified atom stereocenters. The summed E-state index contributed by atoms with van der Waals surface area (Å²) in [6.07, 6.45) is -0.0483. The number of ketones is 4. The average Bonchev–Trinajstić information content (AvgIpc) is 2.85. The first-order chi connectivity index (χ1) is 20.0. The SMILES string of the molecule is CN(C)c1cc(NC(=O)CNC(C)(C)C)c(O)c2c1C[C@@]1(C)C[C@@]3(C)[C@H](N(C)C)C(=O)C(C(N)=O)C(=O)[C@@]3(O)C(=O)C1C2=O. The fourth-order valence-electron chi connectivity index (χ4n) is 7.80. The van der Waals surface area contributed by atoms with Crippen LogP contribution >= 0.6 is 0 Å². The number of benzene rings is 1. The fraction of sp³-hybridized carbons (Fsp3) is 0.613. The number of amides is 2. The largest absolute Gasteiger partial charge is 0.505 e. The second kappa shape index (κ2) is 10.5. The molecule has 1 aromatic carbocycles. The smallest absolute Gasteiger partial charge is 0.238 e. The molecule has 6 atom stereocenters. The number of carbonyl (C=O) groups is 6. The summed E-state index contributed by atoms with van der Waals surface area (Å²) in [7, 11) is 6.54. The molecule has 13 heteroatoms. The predicted molar refractivity (Wildman–Crippen MR) is 161 cm³/mol. The van der Waals surface area contributed by atoms with E-state index in [-0.39, 0.29) is 36.2 Å². The van der Waals surface area contributed by atoms with Gasteiger partial charge in [-0.2, -0.15) is 0 Å². The number of rotatable bonds is 6. The van der Waals surface area contributed by atoms with Crippen LogP contribution in [0.15, 0.2) is 6.07 Å². The Morgan fingerprint density at radius 1 is 1.07 bits per heavy atom. The lowest BCUT2D eigenvalue weighted by molar-refractivity contribution is -0.203. The van der Waals surface area contributed by atoms with Gasteiger partial charge in [-0.15, -0.1) is 0 Å². The first kappa shape index (κ1) is 33.2. The van der Waals surface area contributed by atoms with Crippen molar-refractivity contribution in [2.24, 2.45) is 28.4 Å². The Balaban J connectivity index is 1.90. The van der Waals surface area contributed by atoms with E-state index in [2.05, 4.69) is 10.6 Å². The van der Waals surface area contributed by atoms with Gasteiger partial charge in [0.15, 0.2) is 34.7 Å². The molecule has 3 aliphatic rings. The molecule has 2 fully saturated rings. The maximum atomic E-state index is 14.4. The van der Waals surface area contributed by atoms with Gasteiger partial charge < -0.3 is 31.5 Å². The average molecular weight is 614 g/mol. The molecule has 240 valence electrons.